The molecule has 3 aromatic rings. The summed E-state index contributed by atoms with van der Waals surface area (Å²) in [6, 6.07) is 5.94. The lowest BCUT2D eigenvalue weighted by molar-refractivity contribution is -0.143. The van der Waals surface area contributed by atoms with Crippen molar-refractivity contribution in [3.8, 4) is 0 Å². The van der Waals surface area contributed by atoms with Gasteiger partial charge in [0.25, 0.3) is 0 Å². The number of carbonyl (C=O) groups excluding carboxylic acids is 3. The molecule has 232 valence electrons. The van der Waals surface area contributed by atoms with Crippen LogP contribution < -0.4 is 5.32 Å². The highest BCUT2D eigenvalue weighted by molar-refractivity contribution is 8.23. The number of thioether (sulfide) groups is 1. The predicted molar refractivity (Wildman–Crippen MR) is 150 cm³/mol. The van der Waals surface area contributed by atoms with Crippen molar-refractivity contribution in [2.45, 2.75) is 25.4 Å². The average Bonchev–Trinajstić information content (AvgIpc) is 3.52. The van der Waals surface area contributed by atoms with Crippen LogP contribution in [0, 0.1) is 0 Å². The van der Waals surface area contributed by atoms with Gasteiger partial charge < -0.3 is 14.2 Å². The maximum atomic E-state index is 13.1. The van der Waals surface area contributed by atoms with Gasteiger partial charge in [-0.05, 0) is 53.5 Å². The molecule has 1 aromatic heterocycles. The molecule has 1 N–H and O–H groups in total. The molecule has 0 spiro atoms. The van der Waals surface area contributed by atoms with Crippen LogP contribution in [0.3, 0.4) is 0 Å². The van der Waals surface area contributed by atoms with Crippen molar-refractivity contribution in [1.82, 2.24) is 15.0 Å². The molecule has 1 saturated heterocycles. The first-order valence-electron chi connectivity index (χ1n) is 12.7. The van der Waals surface area contributed by atoms with Crippen LogP contribution in [0.5, 0.6) is 0 Å². The van der Waals surface area contributed by atoms with Gasteiger partial charge in [-0.15, -0.1) is 0 Å². The maximum Gasteiger partial charge on any atom is 0.416 e. The normalized spacial score (nSPS) is 16.0. The first-order valence-corrected chi connectivity index (χ1v) is 14.1. The Kier molecular flexibility index (Phi) is 8.62. The summed E-state index contributed by atoms with van der Waals surface area (Å²) < 4.78 is 89.1. The number of ether oxygens (including phenoxy) is 1. The van der Waals surface area contributed by atoms with Crippen molar-refractivity contribution in [2.24, 2.45) is 0 Å². The monoisotopic (exact) mass is 658 g/mol. The van der Waals surface area contributed by atoms with E-state index in [9.17, 15) is 40.7 Å². The third-order valence-electron chi connectivity index (χ3n) is 6.77. The molecule has 0 bridgehead atoms. The molecule has 44 heavy (non-hydrogen) atoms. The van der Waals surface area contributed by atoms with Crippen LogP contribution >= 0.6 is 24.0 Å². The minimum Gasteiger partial charge on any atom is -0.444 e. The van der Waals surface area contributed by atoms with Crippen molar-refractivity contribution in [2.75, 3.05) is 30.7 Å². The third kappa shape index (κ3) is 6.99. The van der Waals surface area contributed by atoms with E-state index in [2.05, 4.69) is 10.5 Å². The van der Waals surface area contributed by atoms with Crippen molar-refractivity contribution in [3.63, 3.8) is 0 Å². The molecule has 1 fully saturated rings. The summed E-state index contributed by atoms with van der Waals surface area (Å²) in [4.78, 5) is 39.9. The summed E-state index contributed by atoms with van der Waals surface area (Å²) in [7, 11) is 0. The predicted octanol–water partition coefficient (Wildman–Crippen LogP) is 6.09. The molecule has 0 unspecified atom stereocenters. The Morgan fingerprint density at radius 2 is 1.77 bits per heavy atom. The summed E-state index contributed by atoms with van der Waals surface area (Å²) in [5.41, 5.74) is -1.67. The molecule has 5 rings (SSSR count). The van der Waals surface area contributed by atoms with Gasteiger partial charge in [-0.3, -0.25) is 19.8 Å². The highest BCUT2D eigenvalue weighted by atomic mass is 32.2. The fourth-order valence-corrected chi connectivity index (χ4v) is 5.61. The van der Waals surface area contributed by atoms with E-state index in [0.29, 0.717) is 41.3 Å². The molecular weight excluding hydrogens is 638 g/mol. The molecule has 0 radical (unpaired) electrons. The van der Waals surface area contributed by atoms with Crippen LogP contribution in [0.15, 0.2) is 47.0 Å². The molecule has 0 atom stereocenters. The molecule has 9 nitrogen and oxygen atoms in total. The van der Waals surface area contributed by atoms with Crippen LogP contribution in [-0.2, 0) is 33.3 Å². The van der Waals surface area contributed by atoms with Gasteiger partial charge in [-0.25, -0.2) is 4.79 Å². The number of amides is 3. The van der Waals surface area contributed by atoms with Crippen molar-refractivity contribution in [1.29, 1.82) is 0 Å². The highest BCUT2D eigenvalue weighted by Crippen LogP contribution is 2.36. The number of anilines is 1. The van der Waals surface area contributed by atoms with Crippen LogP contribution in [0.2, 0.25) is 0 Å². The van der Waals surface area contributed by atoms with Gasteiger partial charge in [-0.1, -0.05) is 41.3 Å². The van der Waals surface area contributed by atoms with Gasteiger partial charge >= 0.3 is 18.4 Å². The lowest BCUT2D eigenvalue weighted by atomic mass is 9.98. The fraction of sp³-hybridized carbons (Fsp3) is 0.296. The smallest absolute Gasteiger partial charge is 0.416 e. The Balaban J connectivity index is 1.24. The topological polar surface area (TPSA) is 105 Å². The number of fused-ring (bicyclic) bond motifs is 1. The number of hydrogen-bond donors (Lipinski definition) is 1. The quantitative estimate of drug-likeness (QED) is 0.251. The lowest BCUT2D eigenvalue weighted by Crippen LogP contribution is -2.43. The van der Waals surface area contributed by atoms with E-state index in [1.54, 1.807) is 23.1 Å². The second-order valence-electron chi connectivity index (χ2n) is 9.71. The summed E-state index contributed by atoms with van der Waals surface area (Å²) in [6.45, 7) is -0.320. The Labute approximate surface area is 254 Å². The van der Waals surface area contributed by atoms with Gasteiger partial charge in [0.05, 0.1) is 22.3 Å². The molecule has 17 heteroatoms. The van der Waals surface area contributed by atoms with Gasteiger partial charge in [0.2, 0.25) is 11.8 Å². The van der Waals surface area contributed by atoms with E-state index in [4.69, 9.17) is 21.5 Å². The summed E-state index contributed by atoms with van der Waals surface area (Å²) in [6.07, 6.45) is -8.94. The van der Waals surface area contributed by atoms with Gasteiger partial charge in [0, 0.05) is 13.1 Å². The Bertz CT molecular complexity index is 1640. The summed E-state index contributed by atoms with van der Waals surface area (Å²) in [5, 5.41) is 6.41. The molecule has 3 heterocycles. The number of halogens is 6. The minimum atomic E-state index is -5.04. The number of nitrogens with zero attached hydrogens (tertiary/aromatic N) is 3. The standard InChI is InChI=1S/C27H20F6N4O5S2/c28-26(29,30)17-7-14(8-18(10-17)27(31,32)33)12-41-24(40)34-23-19-9-16(1-2-20(19)42-35-23)15-3-5-36(6-4-15)21(38)11-37-22(39)13-44-25(37)43/h1-3,7-10H,4-6,11-13H2,(H,34,35,40). The minimum absolute atomic E-state index is 0.0222. The second kappa shape index (κ2) is 12.1. The first-order chi connectivity index (χ1) is 20.7. The Hall–Kier alpha value is -4.12. The molecule has 3 amide bonds. The molecule has 0 saturated carbocycles. The number of rotatable bonds is 6. The number of alkyl halides is 6. The lowest BCUT2D eigenvalue weighted by Gasteiger charge is -2.28. The van der Waals surface area contributed by atoms with E-state index in [1.807, 2.05) is 6.08 Å². The van der Waals surface area contributed by atoms with Crippen LogP contribution in [0.1, 0.15) is 28.7 Å². The maximum absolute atomic E-state index is 13.1. The van der Waals surface area contributed by atoms with Crippen LogP contribution in [0.4, 0.5) is 37.0 Å². The zero-order valence-electron chi connectivity index (χ0n) is 22.3. The molecular formula is C27H20F6N4O5S2. The van der Waals surface area contributed by atoms with Crippen LogP contribution in [0.25, 0.3) is 16.5 Å². The Morgan fingerprint density at radius 3 is 2.36 bits per heavy atom. The number of nitrogens with one attached hydrogen (secondary N) is 1. The van der Waals surface area contributed by atoms with Gasteiger partial charge in [-0.2, -0.15) is 26.3 Å². The molecule has 0 aliphatic carbocycles. The van der Waals surface area contributed by atoms with Crippen molar-refractivity contribution < 1.29 is 50.0 Å². The summed E-state index contributed by atoms with van der Waals surface area (Å²) >= 11 is 6.34. The fourth-order valence-electron chi connectivity index (χ4n) is 4.54. The first kappa shape index (κ1) is 31.3. The van der Waals surface area contributed by atoms with E-state index in [-0.39, 0.29) is 41.6 Å². The average molecular weight is 659 g/mol. The second-order valence-corrected chi connectivity index (χ2v) is 11.3. The number of benzene rings is 2. The summed E-state index contributed by atoms with van der Waals surface area (Å²) in [5.74, 6) is -0.306. The van der Waals surface area contributed by atoms with E-state index < -0.39 is 41.7 Å². The third-order valence-corrected chi connectivity index (χ3v) is 8.21. The molecule has 2 aromatic carbocycles. The zero-order chi connectivity index (χ0) is 31.8. The largest absolute Gasteiger partial charge is 0.444 e. The van der Waals surface area contributed by atoms with Crippen molar-refractivity contribution >= 4 is 68.6 Å². The number of aromatic nitrogens is 1. The number of hydrogen-bond acceptors (Lipinski definition) is 8. The Morgan fingerprint density at radius 1 is 1.07 bits per heavy atom. The van der Waals surface area contributed by atoms with E-state index in [0.717, 1.165) is 11.1 Å². The van der Waals surface area contributed by atoms with Crippen molar-refractivity contribution in [3.05, 3.63) is 64.7 Å². The molecule has 2 aliphatic heterocycles. The number of carbonyl (C=O) groups is 3. The zero-order valence-corrected chi connectivity index (χ0v) is 23.9. The van der Waals surface area contributed by atoms with E-state index >= 15 is 0 Å². The number of thiocarbonyl (C=S) groups is 1. The van der Waals surface area contributed by atoms with Crippen LogP contribution in [-0.4, -0.2) is 62.6 Å². The van der Waals surface area contributed by atoms with Gasteiger partial charge in [0.1, 0.15) is 17.5 Å². The molecule has 2 aliphatic rings. The van der Waals surface area contributed by atoms with Gasteiger partial charge in [0.15, 0.2) is 11.4 Å². The highest BCUT2D eigenvalue weighted by Gasteiger charge is 2.37. The van der Waals surface area contributed by atoms with E-state index in [1.165, 1.54) is 16.7 Å². The SMILES string of the molecule is O=C(Nc1noc2ccc(C3=CCN(C(=O)CN4C(=O)CSC4=S)CC3)cc12)OCc1cc(C(F)(F)F)cc(C(F)(F)F)c1.